The van der Waals surface area contributed by atoms with Crippen molar-refractivity contribution in [2.75, 3.05) is 0 Å². The van der Waals surface area contributed by atoms with Gasteiger partial charge in [-0.2, -0.15) is 8.78 Å². The lowest BCUT2D eigenvalue weighted by Crippen LogP contribution is -2.04. The van der Waals surface area contributed by atoms with Crippen LogP contribution in [0.4, 0.5) is 8.78 Å². The third-order valence-corrected chi connectivity index (χ3v) is 2.48. The van der Waals surface area contributed by atoms with Crippen LogP contribution in [0.15, 0.2) is 18.2 Å². The van der Waals surface area contributed by atoms with Gasteiger partial charge in [0.2, 0.25) is 0 Å². The molecule has 0 unspecified atom stereocenters. The fraction of sp³-hybridized carbons (Fsp3) is 0.222. The highest BCUT2D eigenvalue weighted by molar-refractivity contribution is 14.1. The molecule has 0 atom stereocenters. The zero-order valence-electron chi connectivity index (χ0n) is 7.26. The van der Waals surface area contributed by atoms with Crippen LogP contribution in [0.2, 0.25) is 0 Å². The lowest BCUT2D eigenvalue weighted by molar-refractivity contribution is -0.0498. The van der Waals surface area contributed by atoms with E-state index in [4.69, 9.17) is 0 Å². The van der Waals surface area contributed by atoms with Gasteiger partial charge in [-0.05, 0) is 47.7 Å². The van der Waals surface area contributed by atoms with Gasteiger partial charge in [0.05, 0.1) is 0 Å². The highest BCUT2D eigenvalue weighted by Crippen LogP contribution is 2.21. The van der Waals surface area contributed by atoms with Crippen LogP contribution in [-0.2, 0) is 0 Å². The molecule has 76 valence electrons. The Hall–Kier alpha value is -0.720. The van der Waals surface area contributed by atoms with Crippen LogP contribution in [0.3, 0.4) is 0 Å². The van der Waals surface area contributed by atoms with Crippen molar-refractivity contribution in [3.63, 3.8) is 0 Å². The van der Waals surface area contributed by atoms with E-state index in [1.165, 1.54) is 19.1 Å². The quantitative estimate of drug-likeness (QED) is 0.633. The van der Waals surface area contributed by atoms with E-state index in [-0.39, 0.29) is 11.5 Å². The van der Waals surface area contributed by atoms with Crippen LogP contribution in [0, 0.1) is 3.57 Å². The van der Waals surface area contributed by atoms with Crippen LogP contribution >= 0.6 is 22.6 Å². The Morgan fingerprint density at radius 3 is 2.64 bits per heavy atom. The lowest BCUT2D eigenvalue weighted by atomic mass is 10.1. The summed E-state index contributed by atoms with van der Waals surface area (Å²) in [7, 11) is 0. The number of benzene rings is 1. The molecule has 0 aromatic heterocycles. The highest BCUT2D eigenvalue weighted by atomic mass is 127. The second-order valence-corrected chi connectivity index (χ2v) is 3.74. The molecule has 0 bridgehead atoms. The number of carbonyl (C=O) groups excluding carboxylic acids is 1. The summed E-state index contributed by atoms with van der Waals surface area (Å²) < 4.78 is 28.6. The summed E-state index contributed by atoms with van der Waals surface area (Å²) in [6.45, 7) is -1.49. The van der Waals surface area contributed by atoms with Gasteiger partial charge in [-0.3, -0.25) is 4.79 Å². The van der Waals surface area contributed by atoms with Gasteiger partial charge in [0.15, 0.2) is 5.78 Å². The van der Waals surface area contributed by atoms with E-state index < -0.39 is 6.61 Å². The topological polar surface area (TPSA) is 26.3 Å². The number of rotatable bonds is 3. The van der Waals surface area contributed by atoms with Crippen molar-refractivity contribution in [3.8, 4) is 5.75 Å². The average molecular weight is 312 g/mol. The van der Waals surface area contributed by atoms with Crippen LogP contribution in [0.1, 0.15) is 17.3 Å². The van der Waals surface area contributed by atoms with E-state index in [0.29, 0.717) is 5.56 Å². The Balaban J connectivity index is 3.00. The van der Waals surface area contributed by atoms with E-state index in [1.807, 2.05) is 22.6 Å². The monoisotopic (exact) mass is 312 g/mol. The summed E-state index contributed by atoms with van der Waals surface area (Å²) in [5.74, 6) is -0.167. The molecule has 0 aliphatic rings. The normalized spacial score (nSPS) is 10.4. The van der Waals surface area contributed by atoms with E-state index in [0.717, 1.165) is 3.57 Å². The molecule has 0 saturated carbocycles. The minimum atomic E-state index is -2.87. The second kappa shape index (κ2) is 4.68. The Kier molecular flexibility index (Phi) is 3.79. The molecule has 0 aliphatic heterocycles. The molecule has 0 radical (unpaired) electrons. The summed E-state index contributed by atoms with van der Waals surface area (Å²) in [5.41, 5.74) is 0.392. The number of ketones is 1. The van der Waals surface area contributed by atoms with Gasteiger partial charge in [0.1, 0.15) is 5.75 Å². The Morgan fingerprint density at radius 2 is 2.14 bits per heavy atom. The fourth-order valence-electron chi connectivity index (χ4n) is 0.950. The standard InChI is InChI=1S/C9H7F2IO2/c1-5(13)7-4-6(14-9(10)11)2-3-8(7)12/h2-4,9H,1H3. The highest BCUT2D eigenvalue weighted by Gasteiger charge is 2.09. The molecule has 1 aromatic rings. The van der Waals surface area contributed by atoms with Crippen molar-refractivity contribution in [2.24, 2.45) is 0 Å². The molecule has 2 nitrogen and oxygen atoms in total. The first-order valence-electron chi connectivity index (χ1n) is 3.76. The van der Waals surface area contributed by atoms with Crippen LogP contribution in [0.5, 0.6) is 5.75 Å². The number of halogens is 3. The predicted octanol–water partition coefficient (Wildman–Crippen LogP) is 3.10. The summed E-state index contributed by atoms with van der Waals surface area (Å²) >= 11 is 1.96. The number of Topliss-reactive ketones (excluding diaryl/α,β-unsaturated/α-hetero) is 1. The molecule has 14 heavy (non-hydrogen) atoms. The maximum Gasteiger partial charge on any atom is 0.387 e. The zero-order valence-corrected chi connectivity index (χ0v) is 9.42. The smallest absolute Gasteiger partial charge is 0.387 e. The molecule has 0 spiro atoms. The molecule has 1 rings (SSSR count). The van der Waals surface area contributed by atoms with Gasteiger partial charge >= 0.3 is 6.61 Å². The summed E-state index contributed by atoms with van der Waals surface area (Å²) in [5, 5.41) is 0. The van der Waals surface area contributed by atoms with Gasteiger partial charge in [-0.25, -0.2) is 0 Å². The number of hydrogen-bond acceptors (Lipinski definition) is 2. The van der Waals surface area contributed by atoms with Gasteiger partial charge in [-0.1, -0.05) is 0 Å². The molecular weight excluding hydrogens is 305 g/mol. The first kappa shape index (κ1) is 11.4. The third-order valence-electron chi connectivity index (χ3n) is 1.54. The van der Waals surface area contributed by atoms with E-state index in [2.05, 4.69) is 4.74 Å². The molecule has 5 heteroatoms. The second-order valence-electron chi connectivity index (χ2n) is 2.58. The summed E-state index contributed by atoms with van der Waals surface area (Å²) in [6, 6.07) is 4.28. The molecule has 0 saturated heterocycles. The molecule has 0 aliphatic carbocycles. The first-order valence-corrected chi connectivity index (χ1v) is 4.84. The van der Waals surface area contributed by atoms with E-state index in [9.17, 15) is 13.6 Å². The van der Waals surface area contributed by atoms with Crippen molar-refractivity contribution >= 4 is 28.4 Å². The van der Waals surface area contributed by atoms with Gasteiger partial charge in [0, 0.05) is 9.13 Å². The maximum atomic E-state index is 11.8. The molecule has 1 aromatic carbocycles. The Bertz CT molecular complexity index is 353. The van der Waals surface area contributed by atoms with Gasteiger partial charge in [-0.15, -0.1) is 0 Å². The first-order chi connectivity index (χ1) is 6.50. The fourth-order valence-corrected chi connectivity index (χ4v) is 1.67. The third kappa shape index (κ3) is 2.90. The largest absolute Gasteiger partial charge is 0.435 e. The van der Waals surface area contributed by atoms with Crippen molar-refractivity contribution in [2.45, 2.75) is 13.5 Å². The molecule has 0 heterocycles. The minimum Gasteiger partial charge on any atom is -0.435 e. The minimum absolute atomic E-state index is 0.00520. The van der Waals surface area contributed by atoms with E-state index >= 15 is 0 Å². The Labute approximate surface area is 93.4 Å². The van der Waals surface area contributed by atoms with Gasteiger partial charge < -0.3 is 4.74 Å². The molecule has 0 N–H and O–H groups in total. The number of hydrogen-bond donors (Lipinski definition) is 0. The van der Waals surface area contributed by atoms with E-state index in [1.54, 1.807) is 6.07 Å². The number of carbonyl (C=O) groups is 1. The van der Waals surface area contributed by atoms with Crippen molar-refractivity contribution in [1.29, 1.82) is 0 Å². The predicted molar refractivity (Wildman–Crippen MR) is 55.8 cm³/mol. The van der Waals surface area contributed by atoms with Crippen LogP contribution in [-0.4, -0.2) is 12.4 Å². The summed E-state index contributed by atoms with van der Waals surface area (Å²) in [6.07, 6.45) is 0. The van der Waals surface area contributed by atoms with Gasteiger partial charge in [0.25, 0.3) is 0 Å². The number of alkyl halides is 2. The van der Waals surface area contributed by atoms with Crippen molar-refractivity contribution in [3.05, 3.63) is 27.3 Å². The van der Waals surface area contributed by atoms with Crippen LogP contribution < -0.4 is 4.74 Å². The maximum absolute atomic E-state index is 11.8. The Morgan fingerprint density at radius 1 is 1.50 bits per heavy atom. The summed E-state index contributed by atoms with van der Waals surface area (Å²) in [4.78, 5) is 11.1. The number of ether oxygens (including phenoxy) is 1. The SMILES string of the molecule is CC(=O)c1cc(OC(F)F)ccc1I. The molecule has 0 amide bonds. The average Bonchev–Trinajstić information content (AvgIpc) is 2.07. The van der Waals surface area contributed by atoms with Crippen LogP contribution in [0.25, 0.3) is 0 Å². The van der Waals surface area contributed by atoms with Crippen molar-refractivity contribution < 1.29 is 18.3 Å². The molecule has 0 fully saturated rings. The lowest BCUT2D eigenvalue weighted by Gasteiger charge is -2.06. The molecular formula is C9H7F2IO2. The zero-order chi connectivity index (χ0) is 10.7. The van der Waals surface area contributed by atoms with Crippen molar-refractivity contribution in [1.82, 2.24) is 0 Å².